The molecule has 1 aliphatic rings. The molecule has 164 valence electrons. The number of benzene rings is 1. The lowest BCUT2D eigenvalue weighted by Gasteiger charge is -2.34. The van der Waals surface area contributed by atoms with E-state index in [9.17, 15) is 4.79 Å². The van der Waals surface area contributed by atoms with Crippen LogP contribution in [0.15, 0.2) is 29.3 Å². The van der Waals surface area contributed by atoms with Crippen LogP contribution in [-0.2, 0) is 11.3 Å². The highest BCUT2D eigenvalue weighted by atomic mass is 127. The molecule has 3 N–H and O–H groups in total. The van der Waals surface area contributed by atoms with Crippen LogP contribution >= 0.6 is 24.0 Å². The van der Waals surface area contributed by atoms with E-state index in [4.69, 9.17) is 4.74 Å². The number of nitrogens with zero attached hydrogens (tertiary/aromatic N) is 2. The number of amides is 1. The average molecular weight is 517 g/mol. The number of aliphatic imine (C=N–C) groups is 1. The van der Waals surface area contributed by atoms with Gasteiger partial charge in [-0.3, -0.25) is 14.7 Å². The Labute approximate surface area is 192 Å². The summed E-state index contributed by atoms with van der Waals surface area (Å²) in [4.78, 5) is 18.6. The maximum absolute atomic E-state index is 11.8. The number of hydrogen-bond donors (Lipinski definition) is 3. The maximum atomic E-state index is 11.8. The van der Waals surface area contributed by atoms with Gasteiger partial charge in [-0.2, -0.15) is 0 Å². The minimum absolute atomic E-state index is 0. The highest BCUT2D eigenvalue weighted by Gasteiger charge is 2.21. The molecular weight excluding hydrogens is 481 g/mol. The minimum Gasteiger partial charge on any atom is -0.374 e. The molecule has 2 rings (SSSR count). The third kappa shape index (κ3) is 9.31. The zero-order valence-electron chi connectivity index (χ0n) is 18.0. The first-order valence-corrected chi connectivity index (χ1v) is 10.2. The van der Waals surface area contributed by atoms with Crippen LogP contribution in [0.25, 0.3) is 0 Å². The van der Waals surface area contributed by atoms with Crippen molar-refractivity contribution in [2.75, 3.05) is 46.4 Å². The molecule has 8 heteroatoms. The van der Waals surface area contributed by atoms with Crippen LogP contribution in [-0.4, -0.2) is 69.2 Å². The molecule has 1 unspecified atom stereocenters. The number of nitrogens with one attached hydrogen (secondary N) is 3. The van der Waals surface area contributed by atoms with Crippen molar-refractivity contribution in [3.8, 4) is 0 Å². The van der Waals surface area contributed by atoms with Gasteiger partial charge in [-0.25, -0.2) is 0 Å². The van der Waals surface area contributed by atoms with Gasteiger partial charge in [0.15, 0.2) is 5.96 Å². The number of carbonyl (C=O) groups excluding carboxylic acids is 1. The predicted octanol–water partition coefficient (Wildman–Crippen LogP) is 2.08. The van der Waals surface area contributed by atoms with E-state index in [0.717, 1.165) is 44.3 Å². The van der Waals surface area contributed by atoms with E-state index >= 15 is 0 Å². The number of ether oxygens (including phenoxy) is 1. The molecule has 0 spiro atoms. The molecule has 0 saturated carbocycles. The van der Waals surface area contributed by atoms with Crippen LogP contribution in [0.5, 0.6) is 0 Å². The van der Waals surface area contributed by atoms with E-state index in [1.54, 1.807) is 7.05 Å². The predicted molar refractivity (Wildman–Crippen MR) is 129 cm³/mol. The Kier molecular flexibility index (Phi) is 12.2. The largest absolute Gasteiger partial charge is 0.374 e. The van der Waals surface area contributed by atoms with Crippen LogP contribution in [0.3, 0.4) is 0 Å². The van der Waals surface area contributed by atoms with Gasteiger partial charge < -0.3 is 20.7 Å². The summed E-state index contributed by atoms with van der Waals surface area (Å²) in [5.74, 6) is 1.37. The van der Waals surface area contributed by atoms with Crippen LogP contribution in [0.1, 0.15) is 36.7 Å². The summed E-state index contributed by atoms with van der Waals surface area (Å²) >= 11 is 0. The summed E-state index contributed by atoms with van der Waals surface area (Å²) in [6.45, 7) is 12.2. The summed E-state index contributed by atoms with van der Waals surface area (Å²) in [5.41, 5.74) is 1.77. The number of carbonyl (C=O) groups is 1. The fourth-order valence-electron chi connectivity index (χ4n) is 3.24. The van der Waals surface area contributed by atoms with E-state index in [2.05, 4.69) is 39.7 Å². The van der Waals surface area contributed by atoms with Crippen molar-refractivity contribution in [3.05, 3.63) is 35.4 Å². The molecule has 0 radical (unpaired) electrons. The van der Waals surface area contributed by atoms with Gasteiger partial charge in [-0.05, 0) is 30.5 Å². The topological polar surface area (TPSA) is 78.0 Å². The Morgan fingerprint density at radius 2 is 1.97 bits per heavy atom. The molecular formula is C21H36IN5O2. The third-order valence-electron chi connectivity index (χ3n) is 4.58. The molecule has 1 aromatic rings. The van der Waals surface area contributed by atoms with E-state index in [-0.39, 0.29) is 36.0 Å². The van der Waals surface area contributed by atoms with Gasteiger partial charge in [-0.1, -0.05) is 26.0 Å². The lowest BCUT2D eigenvalue weighted by Crippen LogP contribution is -2.50. The smallest absolute Gasteiger partial charge is 0.251 e. The second kappa shape index (κ2) is 13.8. The van der Waals surface area contributed by atoms with E-state index in [1.807, 2.05) is 31.2 Å². The van der Waals surface area contributed by atoms with Crippen LogP contribution in [0.2, 0.25) is 0 Å². The monoisotopic (exact) mass is 517 g/mol. The first-order chi connectivity index (χ1) is 13.5. The first kappa shape index (κ1) is 25.6. The van der Waals surface area contributed by atoms with Gasteiger partial charge in [0, 0.05) is 51.9 Å². The van der Waals surface area contributed by atoms with Crippen molar-refractivity contribution in [2.45, 2.75) is 33.4 Å². The fourth-order valence-corrected chi connectivity index (χ4v) is 3.24. The Balaban J connectivity index is 0.00000420. The normalized spacial score (nSPS) is 17.6. The van der Waals surface area contributed by atoms with Crippen LogP contribution in [0.4, 0.5) is 0 Å². The molecule has 7 nitrogen and oxygen atoms in total. The minimum atomic E-state index is -0.0431. The molecule has 0 aromatic heterocycles. The zero-order valence-corrected chi connectivity index (χ0v) is 20.4. The zero-order chi connectivity index (χ0) is 20.4. The second-order valence-electron chi connectivity index (χ2n) is 7.51. The Morgan fingerprint density at radius 3 is 2.59 bits per heavy atom. The highest BCUT2D eigenvalue weighted by molar-refractivity contribution is 14.0. The lowest BCUT2D eigenvalue weighted by molar-refractivity contribution is -0.0284. The van der Waals surface area contributed by atoms with Crippen molar-refractivity contribution in [2.24, 2.45) is 10.9 Å². The van der Waals surface area contributed by atoms with Crippen molar-refractivity contribution in [1.82, 2.24) is 20.9 Å². The molecule has 1 saturated heterocycles. The summed E-state index contributed by atoms with van der Waals surface area (Å²) in [6, 6.07) is 7.60. The van der Waals surface area contributed by atoms with Crippen LogP contribution in [0, 0.1) is 5.92 Å². The number of hydrogen-bond acceptors (Lipinski definition) is 4. The van der Waals surface area contributed by atoms with E-state index < -0.39 is 0 Å². The van der Waals surface area contributed by atoms with Crippen molar-refractivity contribution in [1.29, 1.82) is 0 Å². The van der Waals surface area contributed by atoms with Crippen molar-refractivity contribution >= 4 is 35.8 Å². The summed E-state index contributed by atoms with van der Waals surface area (Å²) < 4.78 is 5.88. The number of guanidine groups is 1. The van der Waals surface area contributed by atoms with E-state index in [0.29, 0.717) is 24.6 Å². The maximum Gasteiger partial charge on any atom is 0.251 e. The molecule has 1 amide bonds. The lowest BCUT2D eigenvalue weighted by atomic mass is 10.1. The van der Waals surface area contributed by atoms with Crippen molar-refractivity contribution < 1.29 is 9.53 Å². The number of morpholine rings is 1. The quantitative estimate of drug-likeness (QED) is 0.280. The highest BCUT2D eigenvalue weighted by Crippen LogP contribution is 2.07. The Morgan fingerprint density at radius 1 is 1.24 bits per heavy atom. The second-order valence-corrected chi connectivity index (χ2v) is 7.51. The standard InChI is InChI=1S/C21H35N5O2.HI/c1-5-23-20(27)18-8-6-17(7-9-18)12-24-21(22-4)25-13-19-15-26(10-11-28-19)14-16(2)3;/h6-9,16,19H,5,10-15H2,1-4H3,(H,23,27)(H2,22,24,25);1H. The number of halogens is 1. The molecule has 1 aromatic carbocycles. The number of rotatable bonds is 8. The van der Waals surface area contributed by atoms with Gasteiger partial charge in [0.25, 0.3) is 5.91 Å². The molecule has 1 aliphatic heterocycles. The van der Waals surface area contributed by atoms with Gasteiger partial charge in [0.1, 0.15) is 0 Å². The Bertz CT molecular complexity index is 636. The Hall–Kier alpha value is -1.39. The molecule has 0 aliphatic carbocycles. The van der Waals surface area contributed by atoms with Crippen molar-refractivity contribution in [3.63, 3.8) is 0 Å². The fraction of sp³-hybridized carbons (Fsp3) is 0.619. The average Bonchev–Trinajstić information content (AvgIpc) is 2.68. The molecule has 0 bridgehead atoms. The van der Waals surface area contributed by atoms with Gasteiger partial charge in [0.05, 0.1) is 12.7 Å². The first-order valence-electron chi connectivity index (χ1n) is 10.2. The van der Waals surface area contributed by atoms with Gasteiger partial charge in [-0.15, -0.1) is 24.0 Å². The van der Waals surface area contributed by atoms with Gasteiger partial charge in [0.2, 0.25) is 0 Å². The van der Waals surface area contributed by atoms with E-state index in [1.165, 1.54) is 0 Å². The molecule has 1 heterocycles. The summed E-state index contributed by atoms with van der Waals surface area (Å²) in [7, 11) is 1.76. The van der Waals surface area contributed by atoms with Gasteiger partial charge >= 0.3 is 0 Å². The SMILES string of the molecule is CCNC(=O)c1ccc(CNC(=NC)NCC2CN(CC(C)C)CCO2)cc1.I. The molecule has 1 fully saturated rings. The van der Waals surface area contributed by atoms with Crippen LogP contribution < -0.4 is 16.0 Å². The molecule has 29 heavy (non-hydrogen) atoms. The summed E-state index contributed by atoms with van der Waals surface area (Å²) in [6.07, 6.45) is 0.169. The third-order valence-corrected chi connectivity index (χ3v) is 4.58. The molecule has 1 atom stereocenters. The summed E-state index contributed by atoms with van der Waals surface area (Å²) in [5, 5.41) is 9.47.